The number of aromatic nitrogens is 2. The van der Waals surface area contributed by atoms with Gasteiger partial charge >= 0.3 is 11.8 Å². The summed E-state index contributed by atoms with van der Waals surface area (Å²) < 4.78 is 0. The van der Waals surface area contributed by atoms with Gasteiger partial charge in [-0.05, 0) is 17.8 Å². The van der Waals surface area contributed by atoms with E-state index in [0.29, 0.717) is 0 Å². The van der Waals surface area contributed by atoms with Crippen molar-refractivity contribution in [1.82, 2.24) is 10.2 Å². The summed E-state index contributed by atoms with van der Waals surface area (Å²) in [4.78, 5) is 22.3. The van der Waals surface area contributed by atoms with Crippen molar-refractivity contribution in [1.29, 1.82) is 0 Å². The minimum Gasteiger partial charge on any atom is -0.480 e. The highest BCUT2D eigenvalue weighted by molar-refractivity contribution is 5.75. The van der Waals surface area contributed by atoms with E-state index in [0.717, 1.165) is 12.8 Å². The van der Waals surface area contributed by atoms with Gasteiger partial charge in [-0.1, -0.05) is 5.10 Å². The Labute approximate surface area is 90.0 Å². The molecule has 16 heavy (non-hydrogen) atoms. The number of carboxylic acids is 1. The summed E-state index contributed by atoms with van der Waals surface area (Å²) in [6, 6.07) is 0.0763. The lowest BCUT2D eigenvalue weighted by Gasteiger charge is -2.19. The van der Waals surface area contributed by atoms with Crippen LogP contribution in [-0.4, -0.2) is 38.8 Å². The molecule has 0 radical (unpaired) electrons. The van der Waals surface area contributed by atoms with Gasteiger partial charge in [0.2, 0.25) is 0 Å². The van der Waals surface area contributed by atoms with Crippen LogP contribution in [0.3, 0.4) is 0 Å². The van der Waals surface area contributed by atoms with Crippen molar-refractivity contribution in [2.75, 3.05) is 11.4 Å². The Morgan fingerprint density at radius 3 is 2.94 bits per heavy atom. The number of H-pyrrole nitrogens is 1. The molecule has 0 bridgehead atoms. The van der Waals surface area contributed by atoms with Gasteiger partial charge in [-0.25, -0.2) is 0 Å². The number of nitro groups is 1. The Balaban J connectivity index is 2.27. The van der Waals surface area contributed by atoms with E-state index in [4.69, 9.17) is 5.11 Å². The minimum absolute atomic E-state index is 0.0763. The van der Waals surface area contributed by atoms with E-state index in [-0.39, 0.29) is 24.1 Å². The number of aromatic amines is 1. The SMILES string of the molecule is O=C(O)CN(c1cn[nH]c1[N+](=O)[O-])C1CC1. The molecule has 86 valence electrons. The topological polar surface area (TPSA) is 112 Å². The lowest BCUT2D eigenvalue weighted by molar-refractivity contribution is -0.388. The first-order chi connectivity index (χ1) is 7.59. The van der Waals surface area contributed by atoms with Crippen LogP contribution in [0.2, 0.25) is 0 Å². The van der Waals surface area contributed by atoms with Crippen LogP contribution in [0.15, 0.2) is 6.20 Å². The summed E-state index contributed by atoms with van der Waals surface area (Å²) in [6.07, 6.45) is 3.00. The molecule has 8 nitrogen and oxygen atoms in total. The second-order valence-corrected chi connectivity index (χ2v) is 3.61. The molecule has 0 aliphatic heterocycles. The normalized spacial score (nSPS) is 14.8. The molecule has 0 spiro atoms. The molecule has 0 atom stereocenters. The van der Waals surface area contributed by atoms with Crippen molar-refractivity contribution < 1.29 is 14.8 Å². The molecular formula is C8H10N4O4. The lowest BCUT2D eigenvalue weighted by Crippen LogP contribution is -2.31. The molecule has 0 aromatic carbocycles. The average molecular weight is 226 g/mol. The molecule has 1 aliphatic carbocycles. The van der Waals surface area contributed by atoms with Crippen LogP contribution in [0.25, 0.3) is 0 Å². The van der Waals surface area contributed by atoms with E-state index in [1.807, 2.05) is 0 Å². The number of carboxylic acid groups (broad SMARTS) is 1. The second kappa shape index (κ2) is 3.80. The van der Waals surface area contributed by atoms with Crippen LogP contribution < -0.4 is 4.90 Å². The average Bonchev–Trinajstić information content (AvgIpc) is 2.90. The molecule has 1 aliphatic rings. The smallest absolute Gasteiger partial charge is 0.366 e. The van der Waals surface area contributed by atoms with Gasteiger partial charge in [0, 0.05) is 6.04 Å². The summed E-state index contributed by atoms with van der Waals surface area (Å²) in [7, 11) is 0. The highest BCUT2D eigenvalue weighted by Gasteiger charge is 2.35. The zero-order valence-corrected chi connectivity index (χ0v) is 8.29. The van der Waals surface area contributed by atoms with E-state index in [1.54, 1.807) is 0 Å². The Hall–Kier alpha value is -2.12. The number of anilines is 1. The van der Waals surface area contributed by atoms with Crippen molar-refractivity contribution in [2.45, 2.75) is 18.9 Å². The van der Waals surface area contributed by atoms with E-state index < -0.39 is 10.9 Å². The van der Waals surface area contributed by atoms with Crippen LogP contribution in [-0.2, 0) is 4.79 Å². The monoisotopic (exact) mass is 226 g/mol. The van der Waals surface area contributed by atoms with Crippen LogP contribution in [0.5, 0.6) is 0 Å². The number of hydrogen-bond acceptors (Lipinski definition) is 5. The van der Waals surface area contributed by atoms with E-state index in [2.05, 4.69) is 10.2 Å². The fourth-order valence-corrected chi connectivity index (χ4v) is 1.56. The maximum absolute atomic E-state index is 10.7. The minimum atomic E-state index is -1.01. The Kier molecular flexibility index (Phi) is 2.47. The van der Waals surface area contributed by atoms with Crippen molar-refractivity contribution in [3.05, 3.63) is 16.3 Å². The van der Waals surface area contributed by atoms with Crippen molar-refractivity contribution in [3.63, 3.8) is 0 Å². The summed E-state index contributed by atoms with van der Waals surface area (Å²) in [6.45, 7) is -0.245. The Morgan fingerprint density at radius 2 is 2.44 bits per heavy atom. The van der Waals surface area contributed by atoms with Crippen molar-refractivity contribution >= 4 is 17.5 Å². The van der Waals surface area contributed by atoms with Crippen molar-refractivity contribution in [2.24, 2.45) is 0 Å². The molecule has 0 saturated heterocycles. The first-order valence-corrected chi connectivity index (χ1v) is 4.76. The maximum atomic E-state index is 10.7. The third-order valence-corrected chi connectivity index (χ3v) is 2.39. The third kappa shape index (κ3) is 1.95. The summed E-state index contributed by atoms with van der Waals surface area (Å²) >= 11 is 0. The van der Waals surface area contributed by atoms with E-state index in [1.165, 1.54) is 11.1 Å². The van der Waals surface area contributed by atoms with Gasteiger partial charge in [0.05, 0.1) is 0 Å². The van der Waals surface area contributed by atoms with Crippen LogP contribution in [0, 0.1) is 10.1 Å². The lowest BCUT2D eigenvalue weighted by atomic mass is 10.4. The fraction of sp³-hybridized carbons (Fsp3) is 0.500. The predicted octanol–water partition coefficient (Wildman–Crippen LogP) is 0.371. The highest BCUT2D eigenvalue weighted by atomic mass is 16.6. The van der Waals surface area contributed by atoms with Crippen LogP contribution in [0.1, 0.15) is 12.8 Å². The molecule has 0 amide bonds. The molecule has 2 rings (SSSR count). The largest absolute Gasteiger partial charge is 0.480 e. The predicted molar refractivity (Wildman–Crippen MR) is 53.2 cm³/mol. The first-order valence-electron chi connectivity index (χ1n) is 4.76. The van der Waals surface area contributed by atoms with Crippen molar-refractivity contribution in [3.8, 4) is 0 Å². The molecule has 2 N–H and O–H groups in total. The van der Waals surface area contributed by atoms with Gasteiger partial charge in [-0.3, -0.25) is 4.79 Å². The number of rotatable bonds is 5. The van der Waals surface area contributed by atoms with Gasteiger partial charge in [0.1, 0.15) is 12.7 Å². The molecule has 8 heteroatoms. The molecule has 1 aromatic rings. The van der Waals surface area contributed by atoms with Gasteiger partial charge in [-0.2, -0.15) is 0 Å². The highest BCUT2D eigenvalue weighted by Crippen LogP contribution is 2.35. The van der Waals surface area contributed by atoms with E-state index >= 15 is 0 Å². The van der Waals surface area contributed by atoms with Gasteiger partial charge in [0.15, 0.2) is 5.69 Å². The number of aliphatic carboxylic acids is 1. The van der Waals surface area contributed by atoms with E-state index in [9.17, 15) is 14.9 Å². The quantitative estimate of drug-likeness (QED) is 0.554. The number of hydrogen-bond donors (Lipinski definition) is 2. The second-order valence-electron chi connectivity index (χ2n) is 3.61. The molecular weight excluding hydrogens is 216 g/mol. The molecule has 1 saturated carbocycles. The third-order valence-electron chi connectivity index (χ3n) is 2.39. The maximum Gasteiger partial charge on any atom is 0.366 e. The Bertz CT molecular complexity index is 425. The Morgan fingerprint density at radius 1 is 1.75 bits per heavy atom. The fourth-order valence-electron chi connectivity index (χ4n) is 1.56. The first kappa shape index (κ1) is 10.4. The summed E-state index contributed by atoms with van der Waals surface area (Å²) in [5.74, 6) is -1.27. The molecule has 0 unspecified atom stereocenters. The van der Waals surface area contributed by atoms with Gasteiger partial charge < -0.3 is 20.1 Å². The van der Waals surface area contributed by atoms with Gasteiger partial charge in [-0.15, -0.1) is 5.10 Å². The molecule has 1 heterocycles. The zero-order chi connectivity index (χ0) is 11.7. The summed E-state index contributed by atoms with van der Waals surface area (Å²) in [5, 5.41) is 25.3. The number of nitrogens with one attached hydrogen (secondary N) is 1. The standard InChI is InChI=1S/C8H10N4O4/c13-7(14)4-11(5-1-2-5)6-3-9-10-8(6)12(15)16/h3,5H,1-2,4H2,(H,9,10)(H,13,14). The molecule has 1 aromatic heterocycles. The zero-order valence-electron chi connectivity index (χ0n) is 8.29. The number of nitrogens with zero attached hydrogens (tertiary/aromatic N) is 3. The molecule has 1 fully saturated rings. The summed E-state index contributed by atoms with van der Waals surface area (Å²) in [5.41, 5.74) is 0.245. The van der Waals surface area contributed by atoms with Crippen LogP contribution >= 0.6 is 0 Å². The number of carbonyl (C=O) groups is 1. The van der Waals surface area contributed by atoms with Gasteiger partial charge in [0.25, 0.3) is 0 Å². The van der Waals surface area contributed by atoms with Crippen LogP contribution in [0.4, 0.5) is 11.5 Å².